The van der Waals surface area contributed by atoms with E-state index in [1.54, 1.807) is 7.11 Å². The van der Waals surface area contributed by atoms with E-state index in [1.807, 2.05) is 24.3 Å². The summed E-state index contributed by atoms with van der Waals surface area (Å²) in [6.07, 6.45) is 1.77. The van der Waals surface area contributed by atoms with Crippen LogP contribution >= 0.6 is 0 Å². The lowest BCUT2D eigenvalue weighted by Gasteiger charge is -2.05. The van der Waals surface area contributed by atoms with Crippen molar-refractivity contribution in [1.82, 2.24) is 15.5 Å². The van der Waals surface area contributed by atoms with Gasteiger partial charge in [-0.2, -0.15) is 5.10 Å². The van der Waals surface area contributed by atoms with E-state index in [2.05, 4.69) is 15.5 Å². The number of H-pyrrole nitrogens is 1. The Balaban J connectivity index is 1.78. The summed E-state index contributed by atoms with van der Waals surface area (Å²) >= 11 is 0. The predicted molar refractivity (Wildman–Crippen MR) is 73.6 cm³/mol. The van der Waals surface area contributed by atoms with Gasteiger partial charge in [-0.05, 0) is 17.7 Å². The molecule has 0 saturated carbocycles. The third-order valence-electron chi connectivity index (χ3n) is 2.93. The number of aromatic nitrogens is 2. The molecule has 1 aromatic heterocycles. The first-order valence-corrected chi connectivity index (χ1v) is 6.21. The van der Waals surface area contributed by atoms with Crippen LogP contribution in [0.25, 0.3) is 0 Å². The molecule has 0 atom stereocenters. The molecule has 2 N–H and O–H groups in total. The maximum absolute atomic E-state index is 10.7. The van der Waals surface area contributed by atoms with Gasteiger partial charge in [-0.25, -0.2) is 0 Å². The van der Waals surface area contributed by atoms with Gasteiger partial charge in [-0.15, -0.1) is 0 Å². The Hall–Kier alpha value is -2.41. The van der Waals surface area contributed by atoms with Crippen molar-refractivity contribution in [2.24, 2.45) is 0 Å². The Morgan fingerprint density at radius 1 is 1.40 bits per heavy atom. The van der Waals surface area contributed by atoms with Crippen molar-refractivity contribution >= 4 is 5.69 Å². The highest BCUT2D eigenvalue weighted by molar-refractivity contribution is 5.32. The van der Waals surface area contributed by atoms with Gasteiger partial charge in [0.1, 0.15) is 17.6 Å². The summed E-state index contributed by atoms with van der Waals surface area (Å²) in [7, 11) is 1.63. The number of nitrogens with zero attached hydrogens (tertiary/aromatic N) is 2. The molecule has 0 unspecified atom stereocenters. The van der Waals surface area contributed by atoms with Crippen LogP contribution < -0.4 is 10.1 Å². The minimum atomic E-state index is -0.428. The van der Waals surface area contributed by atoms with Gasteiger partial charge in [0.05, 0.1) is 12.0 Å². The number of hydrogen-bond acceptors (Lipinski definition) is 5. The Kier molecular flexibility index (Phi) is 4.67. The van der Waals surface area contributed by atoms with Gasteiger partial charge in [-0.1, -0.05) is 12.1 Å². The minimum absolute atomic E-state index is 0.0382. The van der Waals surface area contributed by atoms with E-state index in [4.69, 9.17) is 4.74 Å². The number of hydrogen-bond donors (Lipinski definition) is 2. The third kappa shape index (κ3) is 3.55. The molecule has 2 aromatic rings. The molecule has 0 saturated heterocycles. The Morgan fingerprint density at radius 3 is 2.80 bits per heavy atom. The molecule has 0 radical (unpaired) electrons. The molecule has 0 aliphatic carbocycles. The van der Waals surface area contributed by atoms with Gasteiger partial charge in [0, 0.05) is 19.5 Å². The van der Waals surface area contributed by atoms with E-state index in [1.165, 1.54) is 6.20 Å². The van der Waals surface area contributed by atoms with Crippen LogP contribution in [0.5, 0.6) is 5.75 Å². The van der Waals surface area contributed by atoms with Crippen LogP contribution in [-0.4, -0.2) is 28.8 Å². The van der Waals surface area contributed by atoms with Gasteiger partial charge in [0.2, 0.25) is 0 Å². The third-order valence-corrected chi connectivity index (χ3v) is 2.93. The van der Waals surface area contributed by atoms with Crippen molar-refractivity contribution in [2.75, 3.05) is 13.7 Å². The number of ether oxygens (including phenoxy) is 1. The Morgan fingerprint density at radius 2 is 2.15 bits per heavy atom. The summed E-state index contributed by atoms with van der Waals surface area (Å²) in [6, 6.07) is 7.75. The van der Waals surface area contributed by atoms with Crippen LogP contribution in [0.15, 0.2) is 30.5 Å². The number of nitrogens with one attached hydrogen (secondary N) is 2. The van der Waals surface area contributed by atoms with Crippen molar-refractivity contribution in [1.29, 1.82) is 0 Å². The van der Waals surface area contributed by atoms with Crippen LogP contribution in [0.2, 0.25) is 0 Å². The predicted octanol–water partition coefficient (Wildman–Crippen LogP) is 1.66. The maximum atomic E-state index is 10.7. The standard InChI is InChI=1S/C13H16N4O3/c1-20-11-4-2-10(3-5-11)8-14-7-6-12-13(17(18)19)9-15-16-12/h2-5,9,14H,6-8H2,1H3,(H,15,16). The van der Waals surface area contributed by atoms with Crippen LogP contribution in [0.1, 0.15) is 11.3 Å². The molecule has 0 fully saturated rings. The quantitative estimate of drug-likeness (QED) is 0.456. The van der Waals surface area contributed by atoms with E-state index in [0.717, 1.165) is 11.3 Å². The van der Waals surface area contributed by atoms with Crippen molar-refractivity contribution < 1.29 is 9.66 Å². The molecule has 106 valence electrons. The molecule has 7 nitrogen and oxygen atoms in total. The number of benzene rings is 1. The summed E-state index contributed by atoms with van der Waals surface area (Å²) < 4.78 is 5.08. The van der Waals surface area contributed by atoms with Gasteiger partial charge in [-0.3, -0.25) is 15.2 Å². The van der Waals surface area contributed by atoms with Crippen LogP contribution in [0.4, 0.5) is 5.69 Å². The van der Waals surface area contributed by atoms with E-state index in [9.17, 15) is 10.1 Å². The fourth-order valence-electron chi connectivity index (χ4n) is 1.84. The van der Waals surface area contributed by atoms with Gasteiger partial charge < -0.3 is 10.1 Å². The molecular formula is C13H16N4O3. The number of methoxy groups -OCH3 is 1. The second kappa shape index (κ2) is 6.67. The zero-order chi connectivity index (χ0) is 14.4. The molecule has 0 aliphatic rings. The zero-order valence-electron chi connectivity index (χ0n) is 11.1. The highest BCUT2D eigenvalue weighted by atomic mass is 16.6. The second-order valence-corrected chi connectivity index (χ2v) is 4.27. The molecular weight excluding hydrogens is 260 g/mol. The lowest BCUT2D eigenvalue weighted by atomic mass is 10.2. The van der Waals surface area contributed by atoms with E-state index in [0.29, 0.717) is 25.2 Å². The average Bonchev–Trinajstić information content (AvgIpc) is 2.93. The molecule has 0 aliphatic heterocycles. The lowest BCUT2D eigenvalue weighted by molar-refractivity contribution is -0.385. The summed E-state index contributed by atoms with van der Waals surface area (Å²) in [6.45, 7) is 1.33. The molecule has 7 heteroatoms. The molecule has 1 aromatic carbocycles. The molecule has 0 amide bonds. The van der Waals surface area contributed by atoms with Crippen molar-refractivity contribution in [3.63, 3.8) is 0 Å². The van der Waals surface area contributed by atoms with E-state index >= 15 is 0 Å². The summed E-state index contributed by atoms with van der Waals surface area (Å²) in [5, 5.41) is 20.3. The van der Waals surface area contributed by atoms with Crippen molar-refractivity contribution in [3.8, 4) is 5.75 Å². The minimum Gasteiger partial charge on any atom is -0.497 e. The van der Waals surface area contributed by atoms with Crippen LogP contribution in [0, 0.1) is 10.1 Å². The van der Waals surface area contributed by atoms with Gasteiger partial charge >= 0.3 is 5.69 Å². The summed E-state index contributed by atoms with van der Waals surface area (Å²) in [4.78, 5) is 10.3. The maximum Gasteiger partial charge on any atom is 0.309 e. The SMILES string of the molecule is COc1ccc(CNCCc2[nH]ncc2[N+](=O)[O-])cc1. The van der Waals surface area contributed by atoms with Crippen LogP contribution in [-0.2, 0) is 13.0 Å². The average molecular weight is 276 g/mol. The van der Waals surface area contributed by atoms with Crippen molar-refractivity contribution in [2.45, 2.75) is 13.0 Å². The van der Waals surface area contributed by atoms with E-state index < -0.39 is 4.92 Å². The van der Waals surface area contributed by atoms with Crippen LogP contribution in [0.3, 0.4) is 0 Å². The first kappa shape index (κ1) is 14.0. The molecule has 0 spiro atoms. The molecule has 1 heterocycles. The summed E-state index contributed by atoms with van der Waals surface area (Å²) in [5.74, 6) is 0.821. The largest absolute Gasteiger partial charge is 0.497 e. The first-order valence-electron chi connectivity index (χ1n) is 6.21. The number of rotatable bonds is 7. The van der Waals surface area contributed by atoms with E-state index in [-0.39, 0.29) is 5.69 Å². The lowest BCUT2D eigenvalue weighted by Crippen LogP contribution is -2.17. The molecule has 0 bridgehead atoms. The normalized spacial score (nSPS) is 10.4. The first-order chi connectivity index (χ1) is 9.70. The molecule has 20 heavy (non-hydrogen) atoms. The number of nitro groups is 1. The fourth-order valence-corrected chi connectivity index (χ4v) is 1.84. The highest BCUT2D eigenvalue weighted by Crippen LogP contribution is 2.14. The Labute approximate surface area is 116 Å². The monoisotopic (exact) mass is 276 g/mol. The summed E-state index contributed by atoms with van der Waals surface area (Å²) in [5.41, 5.74) is 1.71. The number of aromatic amines is 1. The smallest absolute Gasteiger partial charge is 0.309 e. The topological polar surface area (TPSA) is 93.1 Å². The van der Waals surface area contributed by atoms with Gasteiger partial charge in [0.25, 0.3) is 0 Å². The Bertz CT molecular complexity index is 565. The zero-order valence-corrected chi connectivity index (χ0v) is 11.1. The second-order valence-electron chi connectivity index (χ2n) is 4.27. The molecule has 2 rings (SSSR count). The van der Waals surface area contributed by atoms with Crippen molar-refractivity contribution in [3.05, 3.63) is 51.8 Å². The highest BCUT2D eigenvalue weighted by Gasteiger charge is 2.14. The fraction of sp³-hybridized carbons (Fsp3) is 0.308. The van der Waals surface area contributed by atoms with Gasteiger partial charge in [0.15, 0.2) is 0 Å².